The lowest BCUT2D eigenvalue weighted by Gasteiger charge is -2.19. The van der Waals surface area contributed by atoms with E-state index in [1.807, 2.05) is 45.0 Å². The molecule has 1 aromatic carbocycles. The molecule has 5 nitrogen and oxygen atoms in total. The summed E-state index contributed by atoms with van der Waals surface area (Å²) >= 11 is 0. The molecule has 1 fully saturated rings. The van der Waals surface area contributed by atoms with Crippen molar-refractivity contribution in [3.63, 3.8) is 0 Å². The van der Waals surface area contributed by atoms with Gasteiger partial charge in [0.1, 0.15) is 5.75 Å². The molecule has 2 amide bonds. The van der Waals surface area contributed by atoms with Gasteiger partial charge < -0.3 is 15.0 Å². The number of anilines is 1. The van der Waals surface area contributed by atoms with Crippen molar-refractivity contribution in [2.24, 2.45) is 5.92 Å². The molecule has 5 heteroatoms. The molecule has 0 aromatic heterocycles. The van der Waals surface area contributed by atoms with E-state index in [4.69, 9.17) is 4.74 Å². The highest BCUT2D eigenvalue weighted by Gasteiger charge is 2.32. The molecule has 1 aliphatic rings. The lowest BCUT2D eigenvalue weighted by molar-refractivity contribution is -0.125. The van der Waals surface area contributed by atoms with Crippen LogP contribution in [0.15, 0.2) is 24.3 Å². The first kappa shape index (κ1) is 17.3. The summed E-state index contributed by atoms with van der Waals surface area (Å²) in [4.78, 5) is 26.1. The molecule has 0 radical (unpaired) electrons. The van der Waals surface area contributed by atoms with Crippen LogP contribution in [0.4, 0.5) is 5.69 Å². The van der Waals surface area contributed by atoms with Gasteiger partial charge in [0.05, 0.1) is 12.6 Å². The van der Waals surface area contributed by atoms with Crippen LogP contribution >= 0.6 is 0 Å². The number of hydrogen-bond acceptors (Lipinski definition) is 3. The third-order valence-corrected chi connectivity index (χ3v) is 4.29. The van der Waals surface area contributed by atoms with Crippen LogP contribution in [-0.2, 0) is 9.59 Å². The summed E-state index contributed by atoms with van der Waals surface area (Å²) in [5, 5.41) is 3.02. The maximum atomic E-state index is 12.2. The van der Waals surface area contributed by atoms with Crippen LogP contribution in [0.5, 0.6) is 5.75 Å². The normalized spacial score (nSPS) is 17.7. The fourth-order valence-electron chi connectivity index (χ4n) is 2.92. The van der Waals surface area contributed by atoms with E-state index in [2.05, 4.69) is 5.32 Å². The van der Waals surface area contributed by atoms with Crippen molar-refractivity contribution >= 4 is 17.5 Å². The van der Waals surface area contributed by atoms with Gasteiger partial charge in [-0.1, -0.05) is 13.8 Å². The van der Waals surface area contributed by atoms with Crippen molar-refractivity contribution in [2.75, 3.05) is 18.1 Å². The fraction of sp³-hybridized carbons (Fsp3) is 0.556. The van der Waals surface area contributed by atoms with Gasteiger partial charge in [0, 0.05) is 24.6 Å². The summed E-state index contributed by atoms with van der Waals surface area (Å²) in [5.41, 5.74) is 0.845. The smallest absolute Gasteiger partial charge is 0.229 e. The summed E-state index contributed by atoms with van der Waals surface area (Å²) in [6, 6.07) is 7.38. The molecule has 1 aromatic rings. The lowest BCUT2D eigenvalue weighted by atomic mass is 10.0. The van der Waals surface area contributed by atoms with Crippen molar-refractivity contribution in [1.82, 2.24) is 5.32 Å². The number of nitrogens with one attached hydrogen (secondary N) is 1. The third kappa shape index (κ3) is 4.24. The van der Waals surface area contributed by atoms with Crippen molar-refractivity contribution in [1.29, 1.82) is 0 Å². The average Bonchev–Trinajstić information content (AvgIpc) is 2.90. The van der Waals surface area contributed by atoms with Gasteiger partial charge in [0.2, 0.25) is 11.8 Å². The summed E-state index contributed by atoms with van der Waals surface area (Å²) < 4.78 is 5.41. The second kappa shape index (κ2) is 7.99. The maximum absolute atomic E-state index is 12.2. The number of ether oxygens (including phenoxy) is 1. The topological polar surface area (TPSA) is 58.6 Å². The van der Waals surface area contributed by atoms with Crippen molar-refractivity contribution in [3.8, 4) is 5.75 Å². The Morgan fingerprint density at radius 3 is 2.48 bits per heavy atom. The number of benzene rings is 1. The first-order valence-electron chi connectivity index (χ1n) is 8.42. The molecule has 126 valence electrons. The lowest BCUT2D eigenvalue weighted by Crippen LogP contribution is -2.40. The Morgan fingerprint density at radius 1 is 1.26 bits per heavy atom. The monoisotopic (exact) mass is 318 g/mol. The Bertz CT molecular complexity index is 538. The molecule has 0 saturated carbocycles. The van der Waals surface area contributed by atoms with Gasteiger partial charge in [0.15, 0.2) is 0 Å². The molecule has 0 aliphatic carbocycles. The number of hydrogen-bond donors (Lipinski definition) is 1. The van der Waals surface area contributed by atoms with Gasteiger partial charge in [-0.05, 0) is 44.0 Å². The minimum atomic E-state index is -0.109. The highest BCUT2D eigenvalue weighted by Crippen LogP contribution is 2.24. The van der Waals surface area contributed by atoms with Crippen LogP contribution in [0.2, 0.25) is 0 Å². The van der Waals surface area contributed by atoms with E-state index in [0.29, 0.717) is 19.6 Å². The molecule has 1 heterocycles. The van der Waals surface area contributed by atoms with Gasteiger partial charge in [-0.2, -0.15) is 0 Å². The Kier molecular flexibility index (Phi) is 6.02. The van der Waals surface area contributed by atoms with Crippen LogP contribution in [0.25, 0.3) is 0 Å². The molecule has 2 rings (SSSR count). The highest BCUT2D eigenvalue weighted by atomic mass is 16.5. The van der Waals surface area contributed by atoms with Gasteiger partial charge in [0.25, 0.3) is 0 Å². The van der Waals surface area contributed by atoms with E-state index in [1.165, 1.54) is 0 Å². The first-order chi connectivity index (χ1) is 11.1. The van der Waals surface area contributed by atoms with Crippen LogP contribution < -0.4 is 15.0 Å². The predicted molar refractivity (Wildman–Crippen MR) is 90.6 cm³/mol. The molecule has 23 heavy (non-hydrogen) atoms. The van der Waals surface area contributed by atoms with E-state index >= 15 is 0 Å². The summed E-state index contributed by atoms with van der Waals surface area (Å²) in [6.45, 7) is 7.11. The van der Waals surface area contributed by atoms with E-state index in [-0.39, 0.29) is 23.8 Å². The molecule has 1 N–H and O–H groups in total. The molecular formula is C18H26N2O3. The minimum Gasteiger partial charge on any atom is -0.494 e. The van der Waals surface area contributed by atoms with Gasteiger partial charge in [-0.3, -0.25) is 9.59 Å². The summed E-state index contributed by atoms with van der Waals surface area (Å²) in [7, 11) is 0. The van der Waals surface area contributed by atoms with Crippen LogP contribution in [0.1, 0.15) is 40.0 Å². The predicted octanol–water partition coefficient (Wildman–Crippen LogP) is 2.74. The van der Waals surface area contributed by atoms with Gasteiger partial charge >= 0.3 is 0 Å². The number of carbonyl (C=O) groups excluding carboxylic acids is 2. The standard InChI is InChI=1S/C18H26N2O3/c1-4-13(5-2)18(22)19-14-11-17(21)20(12-14)15-7-9-16(10-8-15)23-6-3/h7-10,13-14H,4-6,11-12H2,1-3H3,(H,19,22). The molecule has 0 bridgehead atoms. The molecule has 0 spiro atoms. The van der Waals surface area contributed by atoms with E-state index < -0.39 is 0 Å². The zero-order valence-corrected chi connectivity index (χ0v) is 14.2. The minimum absolute atomic E-state index is 0.0321. The van der Waals surface area contributed by atoms with E-state index in [1.54, 1.807) is 4.90 Å². The second-order valence-electron chi connectivity index (χ2n) is 5.85. The molecular weight excluding hydrogens is 292 g/mol. The summed E-state index contributed by atoms with van der Waals surface area (Å²) in [5.74, 6) is 0.927. The maximum Gasteiger partial charge on any atom is 0.229 e. The Balaban J connectivity index is 1.98. The van der Waals surface area contributed by atoms with Crippen LogP contribution in [-0.4, -0.2) is 31.0 Å². The van der Waals surface area contributed by atoms with Gasteiger partial charge in [-0.15, -0.1) is 0 Å². The third-order valence-electron chi connectivity index (χ3n) is 4.29. The summed E-state index contributed by atoms with van der Waals surface area (Å²) in [6.07, 6.45) is 2.01. The van der Waals surface area contributed by atoms with Crippen molar-refractivity contribution in [3.05, 3.63) is 24.3 Å². The zero-order valence-electron chi connectivity index (χ0n) is 14.2. The highest BCUT2D eigenvalue weighted by molar-refractivity contribution is 5.97. The first-order valence-corrected chi connectivity index (χ1v) is 8.42. The number of amides is 2. The second-order valence-corrected chi connectivity index (χ2v) is 5.85. The zero-order chi connectivity index (χ0) is 16.8. The molecule has 1 atom stereocenters. The molecule has 1 saturated heterocycles. The number of carbonyl (C=O) groups is 2. The SMILES string of the molecule is CCOc1ccc(N2CC(NC(=O)C(CC)CC)CC2=O)cc1. The van der Waals surface area contributed by atoms with E-state index in [9.17, 15) is 9.59 Å². The quantitative estimate of drug-likeness (QED) is 0.841. The Morgan fingerprint density at radius 2 is 1.91 bits per heavy atom. The van der Waals surface area contributed by atoms with Crippen molar-refractivity contribution in [2.45, 2.75) is 46.1 Å². The van der Waals surface area contributed by atoms with Crippen LogP contribution in [0, 0.1) is 5.92 Å². The van der Waals surface area contributed by atoms with Gasteiger partial charge in [-0.25, -0.2) is 0 Å². The largest absolute Gasteiger partial charge is 0.494 e. The molecule has 1 aliphatic heterocycles. The van der Waals surface area contributed by atoms with E-state index in [0.717, 1.165) is 24.3 Å². The van der Waals surface area contributed by atoms with Crippen molar-refractivity contribution < 1.29 is 14.3 Å². The van der Waals surface area contributed by atoms with Crippen LogP contribution in [0.3, 0.4) is 0 Å². The fourth-order valence-corrected chi connectivity index (χ4v) is 2.92. The Labute approximate surface area is 138 Å². The number of nitrogens with zero attached hydrogens (tertiary/aromatic N) is 1. The Hall–Kier alpha value is -2.04. The average molecular weight is 318 g/mol. The molecule has 1 unspecified atom stereocenters. The number of rotatable bonds is 7.